The average molecular weight is 468 g/mol. The molecule has 164 valence electrons. The van der Waals surface area contributed by atoms with Crippen LogP contribution in [0.2, 0.25) is 10.2 Å². The van der Waals surface area contributed by atoms with E-state index in [-0.39, 0.29) is 0 Å². The Kier molecular flexibility index (Phi) is 3.94. The number of hydrogen-bond acceptors (Lipinski definition) is 5. The third-order valence-electron chi connectivity index (χ3n) is 8.18. The Hall–Kier alpha value is -2.35. The Morgan fingerprint density at radius 2 is 2.00 bits per heavy atom. The predicted molar refractivity (Wildman–Crippen MR) is 126 cm³/mol. The van der Waals surface area contributed by atoms with Crippen LogP contribution in [0.15, 0.2) is 30.7 Å². The quantitative estimate of drug-likeness (QED) is 0.451. The zero-order valence-electron chi connectivity index (χ0n) is 17.4. The third kappa shape index (κ3) is 2.56. The van der Waals surface area contributed by atoms with Crippen molar-refractivity contribution in [3.8, 4) is 11.4 Å². The Labute approximate surface area is 194 Å². The first-order valence-corrected chi connectivity index (χ1v) is 12.0. The Morgan fingerprint density at radius 3 is 2.78 bits per heavy atom. The minimum Gasteiger partial charge on any atom is -0.355 e. The van der Waals surface area contributed by atoms with E-state index >= 15 is 0 Å². The van der Waals surface area contributed by atoms with Gasteiger partial charge in [0, 0.05) is 37.1 Å². The molecule has 0 radical (unpaired) electrons. The molecule has 0 bridgehead atoms. The van der Waals surface area contributed by atoms with Gasteiger partial charge in [0.15, 0.2) is 11.0 Å². The van der Waals surface area contributed by atoms with Gasteiger partial charge in [-0.3, -0.25) is 9.50 Å². The lowest BCUT2D eigenvalue weighted by atomic mass is 9.72. The second-order valence-electron chi connectivity index (χ2n) is 9.69. The van der Waals surface area contributed by atoms with E-state index < -0.39 is 0 Å². The van der Waals surface area contributed by atoms with Gasteiger partial charge in [-0.1, -0.05) is 23.2 Å². The average Bonchev–Trinajstić information content (AvgIpc) is 3.12. The smallest absolute Gasteiger partial charge is 0.160 e. The van der Waals surface area contributed by atoms with Gasteiger partial charge in [0.1, 0.15) is 11.3 Å². The summed E-state index contributed by atoms with van der Waals surface area (Å²) in [6.45, 7) is 1.97. The monoisotopic (exact) mass is 467 g/mol. The van der Waals surface area contributed by atoms with Crippen LogP contribution in [0.1, 0.15) is 25.7 Å². The number of piperidine rings is 1. The number of hydrogen-bond donors (Lipinski definition) is 2. The van der Waals surface area contributed by atoms with Gasteiger partial charge in [-0.25, -0.2) is 9.97 Å². The van der Waals surface area contributed by atoms with Crippen molar-refractivity contribution in [1.29, 1.82) is 0 Å². The number of fused-ring (bicyclic) bond motifs is 3. The zero-order chi connectivity index (χ0) is 21.6. The molecule has 32 heavy (non-hydrogen) atoms. The molecule has 4 aromatic rings. The summed E-state index contributed by atoms with van der Waals surface area (Å²) in [6, 6.07) is 4.26. The van der Waals surface area contributed by atoms with E-state index in [9.17, 15) is 0 Å². The standard InChI is InChI=1S/C23H23Cl2N7/c24-18-13(1-2-15-17(18)20(25)30-29-15)21-28-11-16-22(27-5-8-32(16)21)31-6-3-23(4-7-31)10-12-9-14(12)19(23)26/h1-2,5,8,11-12,14,19H,3-4,6-7,9-10,26H2,(H,29,30)/t12?,14?,19-/m1/s1. The molecule has 7 nitrogen and oxygen atoms in total. The molecule has 3 atom stereocenters. The highest BCUT2D eigenvalue weighted by molar-refractivity contribution is 6.43. The molecule has 3 aliphatic rings. The van der Waals surface area contributed by atoms with Crippen molar-refractivity contribution in [2.45, 2.75) is 31.7 Å². The number of nitrogens with two attached hydrogens (primary N) is 1. The zero-order valence-corrected chi connectivity index (χ0v) is 18.9. The van der Waals surface area contributed by atoms with Crippen LogP contribution in [0.3, 0.4) is 0 Å². The Morgan fingerprint density at radius 1 is 1.16 bits per heavy atom. The number of H-pyrrole nitrogens is 1. The fraction of sp³-hybridized carbons (Fsp3) is 0.435. The van der Waals surface area contributed by atoms with Crippen LogP contribution >= 0.6 is 23.2 Å². The van der Waals surface area contributed by atoms with Gasteiger partial charge in [-0.15, -0.1) is 0 Å². The number of nitrogens with one attached hydrogen (secondary N) is 1. The first-order chi connectivity index (χ1) is 15.6. The summed E-state index contributed by atoms with van der Waals surface area (Å²) >= 11 is 13.0. The van der Waals surface area contributed by atoms with Gasteiger partial charge < -0.3 is 10.6 Å². The minimum absolute atomic E-state index is 0.341. The Balaban J connectivity index is 1.24. The summed E-state index contributed by atoms with van der Waals surface area (Å²) < 4.78 is 2.06. The van der Waals surface area contributed by atoms with Crippen LogP contribution in [0.4, 0.5) is 5.82 Å². The molecule has 1 saturated heterocycles. The first kappa shape index (κ1) is 19.1. The maximum Gasteiger partial charge on any atom is 0.160 e. The summed E-state index contributed by atoms with van der Waals surface area (Å²) in [4.78, 5) is 11.8. The molecule has 3 N–H and O–H groups in total. The lowest BCUT2D eigenvalue weighted by Gasteiger charge is -2.44. The van der Waals surface area contributed by atoms with Gasteiger partial charge in [0.2, 0.25) is 0 Å². The number of imidazole rings is 1. The SMILES string of the molecule is N[C@@H]1C2CC2CC12CCN(c1nccn3c(-c4ccc5[nH]nc(Cl)c5c4Cl)ncc13)CC2. The number of aromatic amines is 1. The van der Waals surface area contributed by atoms with Crippen LogP contribution in [0.5, 0.6) is 0 Å². The molecule has 3 fully saturated rings. The second kappa shape index (κ2) is 6.59. The summed E-state index contributed by atoms with van der Waals surface area (Å²) in [5, 5.41) is 8.58. The van der Waals surface area contributed by atoms with Gasteiger partial charge in [-0.2, -0.15) is 5.10 Å². The Bertz CT molecular complexity index is 1370. The summed E-state index contributed by atoms with van der Waals surface area (Å²) in [7, 11) is 0. The van der Waals surface area contributed by atoms with Crippen molar-refractivity contribution in [1.82, 2.24) is 24.6 Å². The van der Waals surface area contributed by atoms with Crippen molar-refractivity contribution in [2.75, 3.05) is 18.0 Å². The maximum atomic E-state index is 6.73. The van der Waals surface area contributed by atoms with E-state index in [1.807, 2.05) is 30.7 Å². The van der Waals surface area contributed by atoms with E-state index in [4.69, 9.17) is 38.9 Å². The van der Waals surface area contributed by atoms with Crippen molar-refractivity contribution < 1.29 is 0 Å². The summed E-state index contributed by atoms with van der Waals surface area (Å²) in [5.74, 6) is 3.41. The lowest BCUT2D eigenvalue weighted by Crippen LogP contribution is -2.48. The first-order valence-electron chi connectivity index (χ1n) is 11.2. The van der Waals surface area contributed by atoms with Gasteiger partial charge in [-0.05, 0) is 55.1 Å². The highest BCUT2D eigenvalue weighted by Crippen LogP contribution is 2.62. The number of nitrogens with zero attached hydrogens (tertiary/aromatic N) is 5. The normalized spacial score (nSPS) is 26.3. The minimum atomic E-state index is 0.341. The lowest BCUT2D eigenvalue weighted by molar-refractivity contribution is 0.172. The summed E-state index contributed by atoms with van der Waals surface area (Å²) in [5.41, 5.74) is 9.59. The van der Waals surface area contributed by atoms with Crippen molar-refractivity contribution in [2.24, 2.45) is 23.0 Å². The third-order valence-corrected chi connectivity index (χ3v) is 8.84. The van der Waals surface area contributed by atoms with Crippen LogP contribution in [-0.4, -0.2) is 43.7 Å². The van der Waals surface area contributed by atoms with Gasteiger partial charge in [0.05, 0.1) is 22.1 Å². The van der Waals surface area contributed by atoms with Gasteiger partial charge in [0.25, 0.3) is 0 Å². The highest BCUT2D eigenvalue weighted by atomic mass is 35.5. The summed E-state index contributed by atoms with van der Waals surface area (Å²) in [6.07, 6.45) is 10.6. The molecule has 2 aliphatic carbocycles. The van der Waals surface area contributed by atoms with Crippen LogP contribution in [0, 0.1) is 17.3 Å². The van der Waals surface area contributed by atoms with E-state index in [1.165, 1.54) is 12.8 Å². The number of benzene rings is 1. The predicted octanol–water partition coefficient (Wildman–Crippen LogP) is 4.53. The van der Waals surface area contributed by atoms with Crippen molar-refractivity contribution >= 4 is 45.4 Å². The second-order valence-corrected chi connectivity index (χ2v) is 10.4. The van der Waals surface area contributed by atoms with E-state index in [0.717, 1.165) is 66.0 Å². The van der Waals surface area contributed by atoms with E-state index in [2.05, 4.69) is 19.5 Å². The van der Waals surface area contributed by atoms with Gasteiger partial charge >= 0.3 is 0 Å². The molecule has 0 amide bonds. The molecule has 2 unspecified atom stereocenters. The molecule has 1 spiro atoms. The molecular weight excluding hydrogens is 445 g/mol. The fourth-order valence-corrected chi connectivity index (χ4v) is 6.95. The molecule has 3 aromatic heterocycles. The van der Waals surface area contributed by atoms with E-state index in [0.29, 0.717) is 27.0 Å². The topological polar surface area (TPSA) is 88.1 Å². The largest absolute Gasteiger partial charge is 0.355 e. The maximum absolute atomic E-state index is 6.73. The number of anilines is 1. The molecule has 1 aliphatic heterocycles. The molecule has 7 rings (SSSR count). The van der Waals surface area contributed by atoms with Crippen molar-refractivity contribution in [3.63, 3.8) is 0 Å². The number of halogens is 2. The van der Waals surface area contributed by atoms with Crippen LogP contribution in [0.25, 0.3) is 27.8 Å². The number of aromatic nitrogens is 5. The molecule has 4 heterocycles. The van der Waals surface area contributed by atoms with Crippen LogP contribution < -0.4 is 10.6 Å². The number of rotatable bonds is 2. The van der Waals surface area contributed by atoms with E-state index in [1.54, 1.807) is 0 Å². The highest BCUT2D eigenvalue weighted by Gasteiger charge is 2.59. The fourth-order valence-electron chi connectivity index (χ4n) is 6.32. The molecule has 1 aromatic carbocycles. The molecule has 2 saturated carbocycles. The van der Waals surface area contributed by atoms with Crippen molar-refractivity contribution in [3.05, 3.63) is 40.9 Å². The van der Waals surface area contributed by atoms with Crippen LogP contribution in [-0.2, 0) is 0 Å². The molecular formula is C23H23Cl2N7. The molecule has 9 heteroatoms.